The number of aromatic nitrogens is 1. The average Bonchev–Trinajstić information content (AvgIpc) is 3.23. The molecule has 0 bridgehead atoms. The molecule has 0 spiro atoms. The average molecular weight is 599 g/mol. The van der Waals surface area contributed by atoms with Gasteiger partial charge in [-0.2, -0.15) is 18.3 Å². The van der Waals surface area contributed by atoms with Crippen molar-refractivity contribution in [2.24, 2.45) is 5.10 Å². The zero-order valence-electron chi connectivity index (χ0n) is 23.3. The van der Waals surface area contributed by atoms with Crippen LogP contribution in [0.25, 0.3) is 5.69 Å². The maximum absolute atomic E-state index is 13.6. The molecule has 1 aromatic heterocycles. The number of methoxy groups -OCH3 is 1. The van der Waals surface area contributed by atoms with Gasteiger partial charge in [0.05, 0.1) is 35.2 Å². The van der Waals surface area contributed by atoms with Crippen molar-refractivity contribution < 1.29 is 31.1 Å². The lowest BCUT2D eigenvalue weighted by molar-refractivity contribution is -0.137. The molecule has 1 amide bonds. The maximum atomic E-state index is 13.6. The molecular formula is C30H29F3N4O4S. The number of alkyl halides is 3. The van der Waals surface area contributed by atoms with Crippen LogP contribution < -0.4 is 14.5 Å². The Morgan fingerprint density at radius 1 is 1.00 bits per heavy atom. The van der Waals surface area contributed by atoms with Gasteiger partial charge >= 0.3 is 6.18 Å². The number of halogens is 3. The maximum Gasteiger partial charge on any atom is 0.418 e. The largest absolute Gasteiger partial charge is 0.495 e. The Labute approximate surface area is 242 Å². The molecule has 12 heteroatoms. The van der Waals surface area contributed by atoms with Gasteiger partial charge in [-0.15, -0.1) is 0 Å². The number of hydrazone groups is 1. The molecule has 0 aliphatic heterocycles. The van der Waals surface area contributed by atoms with Crippen LogP contribution in [0.4, 0.5) is 18.9 Å². The Bertz CT molecular complexity index is 1730. The molecule has 0 aliphatic carbocycles. The number of hydrogen-bond donors (Lipinski definition) is 1. The molecule has 0 atom stereocenters. The topological polar surface area (TPSA) is 93.0 Å². The first kappa shape index (κ1) is 30.4. The molecule has 8 nitrogen and oxygen atoms in total. The first-order chi connectivity index (χ1) is 19.8. The van der Waals surface area contributed by atoms with Crippen molar-refractivity contribution in [3.05, 3.63) is 107 Å². The smallest absolute Gasteiger partial charge is 0.418 e. The van der Waals surface area contributed by atoms with Crippen molar-refractivity contribution in [2.45, 2.75) is 31.8 Å². The number of carbonyl (C=O) groups is 1. The molecular weight excluding hydrogens is 569 g/mol. The molecule has 0 saturated carbocycles. The van der Waals surface area contributed by atoms with Crippen LogP contribution in [0.3, 0.4) is 0 Å². The second-order valence-corrected chi connectivity index (χ2v) is 11.3. The Hall–Kier alpha value is -4.58. The van der Waals surface area contributed by atoms with Crippen molar-refractivity contribution in [3.63, 3.8) is 0 Å². The van der Waals surface area contributed by atoms with Gasteiger partial charge in [0.2, 0.25) is 0 Å². The van der Waals surface area contributed by atoms with Gasteiger partial charge in [-0.1, -0.05) is 36.4 Å². The molecule has 0 fully saturated rings. The summed E-state index contributed by atoms with van der Waals surface area (Å²) < 4.78 is 76.0. The second-order valence-electron chi connectivity index (χ2n) is 9.47. The van der Waals surface area contributed by atoms with Crippen LogP contribution in [0.15, 0.2) is 88.9 Å². The van der Waals surface area contributed by atoms with Gasteiger partial charge in [-0.05, 0) is 68.8 Å². The number of amides is 1. The fraction of sp³-hybridized carbons (Fsp3) is 0.200. The van der Waals surface area contributed by atoms with E-state index in [1.54, 1.807) is 63.2 Å². The van der Waals surface area contributed by atoms with Gasteiger partial charge in [-0.3, -0.25) is 9.10 Å². The van der Waals surface area contributed by atoms with Crippen molar-refractivity contribution >= 4 is 27.8 Å². The van der Waals surface area contributed by atoms with Crippen LogP contribution in [-0.2, 0) is 21.0 Å². The molecule has 0 aliphatic rings. The van der Waals surface area contributed by atoms with E-state index in [2.05, 4.69) is 10.5 Å². The number of rotatable bonds is 9. The summed E-state index contributed by atoms with van der Waals surface area (Å²) in [5, 5.41) is 3.97. The summed E-state index contributed by atoms with van der Waals surface area (Å²) in [5.41, 5.74) is 3.92. The lowest BCUT2D eigenvalue weighted by atomic mass is 10.1. The fourth-order valence-corrected chi connectivity index (χ4v) is 6.00. The zero-order valence-corrected chi connectivity index (χ0v) is 24.1. The van der Waals surface area contributed by atoms with Crippen LogP contribution in [0.5, 0.6) is 5.75 Å². The lowest BCUT2D eigenvalue weighted by Crippen LogP contribution is -2.39. The Morgan fingerprint density at radius 3 is 2.33 bits per heavy atom. The number of anilines is 1. The van der Waals surface area contributed by atoms with Gasteiger partial charge in [0, 0.05) is 17.0 Å². The van der Waals surface area contributed by atoms with Crippen molar-refractivity contribution in [3.8, 4) is 11.4 Å². The molecule has 3 aromatic carbocycles. The predicted octanol–water partition coefficient (Wildman–Crippen LogP) is 5.78. The summed E-state index contributed by atoms with van der Waals surface area (Å²) in [7, 11) is -2.79. The minimum Gasteiger partial charge on any atom is -0.495 e. The number of nitrogens with zero attached hydrogens (tertiary/aromatic N) is 3. The number of nitrogens with one attached hydrogen (secondary N) is 1. The highest BCUT2D eigenvalue weighted by Gasteiger charge is 2.34. The summed E-state index contributed by atoms with van der Waals surface area (Å²) in [6, 6.07) is 19.5. The molecule has 1 heterocycles. The Kier molecular flexibility index (Phi) is 8.76. The summed E-state index contributed by atoms with van der Waals surface area (Å²) in [5.74, 6) is -0.492. The van der Waals surface area contributed by atoms with Gasteiger partial charge in [0.15, 0.2) is 0 Å². The summed E-state index contributed by atoms with van der Waals surface area (Å²) in [4.78, 5) is 13.0. The van der Waals surface area contributed by atoms with Crippen LogP contribution in [-0.4, -0.2) is 38.8 Å². The second kappa shape index (κ2) is 12.1. The first-order valence-electron chi connectivity index (χ1n) is 12.7. The zero-order chi connectivity index (χ0) is 30.7. The molecule has 0 radical (unpaired) electrons. The fourth-order valence-electron chi connectivity index (χ4n) is 4.55. The number of hydrogen-bond acceptors (Lipinski definition) is 5. The molecule has 1 N–H and O–H groups in total. The predicted molar refractivity (Wildman–Crippen MR) is 155 cm³/mol. The van der Waals surface area contributed by atoms with E-state index in [4.69, 9.17) is 4.74 Å². The highest BCUT2D eigenvalue weighted by Crippen LogP contribution is 2.36. The number of sulfonamides is 1. The third-order valence-electron chi connectivity index (χ3n) is 6.53. The summed E-state index contributed by atoms with van der Waals surface area (Å²) >= 11 is 0. The molecule has 4 rings (SSSR count). The van der Waals surface area contributed by atoms with E-state index < -0.39 is 34.2 Å². The highest BCUT2D eigenvalue weighted by molar-refractivity contribution is 7.92. The Morgan fingerprint density at radius 2 is 1.67 bits per heavy atom. The van der Waals surface area contributed by atoms with E-state index in [1.807, 2.05) is 0 Å². The van der Waals surface area contributed by atoms with Gasteiger partial charge in [-0.25, -0.2) is 13.8 Å². The summed E-state index contributed by atoms with van der Waals surface area (Å²) in [6.45, 7) is 4.47. The van der Waals surface area contributed by atoms with E-state index in [0.29, 0.717) is 17.0 Å². The number of carbonyl (C=O) groups excluding carboxylic acids is 1. The normalized spacial score (nSPS) is 12.0. The Balaban J connectivity index is 1.62. The van der Waals surface area contributed by atoms with Gasteiger partial charge in [0.25, 0.3) is 15.9 Å². The minimum absolute atomic E-state index is 0.0172. The first-order valence-corrected chi connectivity index (χ1v) is 14.2. The number of para-hydroxylation sites is 1. The van der Waals surface area contributed by atoms with E-state index >= 15 is 0 Å². The third kappa shape index (κ3) is 6.33. The van der Waals surface area contributed by atoms with E-state index in [-0.39, 0.29) is 22.0 Å². The standard InChI is InChI=1S/C30H29F3N4O4S/c1-20-14-15-28(41-4)27(16-20)36(42(39,40)24-10-6-5-7-11-24)19-29(38)35-34-18-23-17-21(2)37(22(23)3)26-13-9-8-12-25(26)30(31,32)33/h5-18H,19H2,1-4H3,(H,35,38). The number of ether oxygens (including phenoxy) is 1. The van der Waals surface area contributed by atoms with Crippen LogP contribution in [0, 0.1) is 20.8 Å². The summed E-state index contributed by atoms with van der Waals surface area (Å²) in [6.07, 6.45) is -3.25. The SMILES string of the molecule is COc1ccc(C)cc1N(CC(=O)NN=Cc1cc(C)n(-c2ccccc2C(F)(F)F)c1C)S(=O)(=O)c1ccccc1. The monoisotopic (exact) mass is 598 g/mol. The third-order valence-corrected chi connectivity index (χ3v) is 8.31. The number of benzene rings is 3. The van der Waals surface area contributed by atoms with E-state index in [9.17, 15) is 26.4 Å². The highest BCUT2D eigenvalue weighted by atomic mass is 32.2. The lowest BCUT2D eigenvalue weighted by Gasteiger charge is -2.25. The van der Waals surface area contributed by atoms with E-state index in [0.717, 1.165) is 15.9 Å². The molecule has 42 heavy (non-hydrogen) atoms. The van der Waals surface area contributed by atoms with Crippen LogP contribution >= 0.6 is 0 Å². The molecule has 220 valence electrons. The van der Waals surface area contributed by atoms with Crippen LogP contribution in [0.1, 0.15) is 28.1 Å². The van der Waals surface area contributed by atoms with Gasteiger partial charge in [0.1, 0.15) is 12.3 Å². The molecule has 0 saturated heterocycles. The van der Waals surface area contributed by atoms with Crippen molar-refractivity contribution in [1.82, 2.24) is 9.99 Å². The quantitative estimate of drug-likeness (QED) is 0.195. The molecule has 0 unspecified atom stereocenters. The molecule has 4 aromatic rings. The van der Waals surface area contributed by atoms with E-state index in [1.165, 1.54) is 48.2 Å². The van der Waals surface area contributed by atoms with Crippen LogP contribution in [0.2, 0.25) is 0 Å². The van der Waals surface area contributed by atoms with Crippen molar-refractivity contribution in [1.29, 1.82) is 0 Å². The van der Waals surface area contributed by atoms with Crippen molar-refractivity contribution in [2.75, 3.05) is 18.0 Å². The minimum atomic E-state index is -4.55. The number of aryl methyl sites for hydroxylation is 2. The van der Waals surface area contributed by atoms with Gasteiger partial charge < -0.3 is 9.30 Å².